The van der Waals surface area contributed by atoms with Gasteiger partial charge in [0, 0.05) is 15.9 Å². The van der Waals surface area contributed by atoms with Crippen LogP contribution in [0.2, 0.25) is 0 Å². The molecule has 1 atom stereocenters. The maximum absolute atomic E-state index is 13.1. The molecule has 5 nitrogen and oxygen atoms in total. The number of para-hydroxylation sites is 2. The summed E-state index contributed by atoms with van der Waals surface area (Å²) in [5.41, 5.74) is 3.10. The van der Waals surface area contributed by atoms with Crippen LogP contribution in [-0.2, 0) is 9.59 Å². The number of nitrogens with zero attached hydrogens (tertiary/aromatic N) is 2. The van der Waals surface area contributed by atoms with E-state index in [1.807, 2.05) is 48.5 Å². The smallest absolute Gasteiger partial charge is 0.244 e. The highest BCUT2D eigenvalue weighted by Crippen LogP contribution is 2.37. The number of carbonyl (C=O) groups excluding carboxylic acids is 2. The maximum Gasteiger partial charge on any atom is 0.244 e. The highest BCUT2D eigenvalue weighted by Gasteiger charge is 2.36. The van der Waals surface area contributed by atoms with Crippen molar-refractivity contribution in [2.45, 2.75) is 19.3 Å². The van der Waals surface area contributed by atoms with Crippen LogP contribution in [0.3, 0.4) is 0 Å². The van der Waals surface area contributed by atoms with E-state index in [9.17, 15) is 9.59 Å². The summed E-state index contributed by atoms with van der Waals surface area (Å²) in [7, 11) is 0. The molecule has 4 rings (SSSR count). The Morgan fingerprint density at radius 1 is 1.19 bits per heavy atom. The van der Waals surface area contributed by atoms with Crippen molar-refractivity contribution in [2.75, 3.05) is 16.8 Å². The van der Waals surface area contributed by atoms with E-state index in [4.69, 9.17) is 4.99 Å². The van der Waals surface area contributed by atoms with Gasteiger partial charge in [0.15, 0.2) is 0 Å². The van der Waals surface area contributed by atoms with Gasteiger partial charge in [0.25, 0.3) is 0 Å². The van der Waals surface area contributed by atoms with Gasteiger partial charge in [0.05, 0.1) is 17.3 Å². The van der Waals surface area contributed by atoms with Crippen LogP contribution in [0.15, 0.2) is 58.0 Å². The second kappa shape index (κ2) is 7.03. The molecule has 1 aliphatic carbocycles. The van der Waals surface area contributed by atoms with Gasteiger partial charge in [-0.2, -0.15) is 0 Å². The van der Waals surface area contributed by atoms with Crippen molar-refractivity contribution in [1.29, 1.82) is 0 Å². The Morgan fingerprint density at radius 3 is 2.77 bits per heavy atom. The lowest BCUT2D eigenvalue weighted by molar-refractivity contribution is -0.122. The van der Waals surface area contributed by atoms with Crippen molar-refractivity contribution in [2.24, 2.45) is 10.9 Å². The Balaban J connectivity index is 1.59. The summed E-state index contributed by atoms with van der Waals surface area (Å²) in [4.78, 5) is 32.0. The Bertz CT molecular complexity index is 892. The molecular weight excluding hydrogens is 394 g/mol. The highest BCUT2D eigenvalue weighted by molar-refractivity contribution is 9.10. The number of carbonyl (C=O) groups is 2. The van der Waals surface area contributed by atoms with Gasteiger partial charge in [-0.3, -0.25) is 14.6 Å². The molecule has 2 aliphatic rings. The molecule has 1 aliphatic heterocycles. The minimum absolute atomic E-state index is 0.0226. The van der Waals surface area contributed by atoms with E-state index in [2.05, 4.69) is 21.2 Å². The number of hydrogen-bond donors (Lipinski definition) is 1. The predicted molar refractivity (Wildman–Crippen MR) is 106 cm³/mol. The predicted octanol–water partition coefficient (Wildman–Crippen LogP) is 4.31. The normalized spacial score (nSPS) is 18.7. The van der Waals surface area contributed by atoms with Crippen molar-refractivity contribution in [3.8, 4) is 0 Å². The molecule has 0 bridgehead atoms. The molecular formula is C20H18BrN3O2. The Morgan fingerprint density at radius 2 is 1.96 bits per heavy atom. The number of anilines is 2. The van der Waals surface area contributed by atoms with Gasteiger partial charge in [-0.1, -0.05) is 28.1 Å². The SMILES string of the molecule is O=C(CN1C(=O)[C@H]2CCCC2=Nc2ccccc21)Nc1ccc(Br)cc1. The van der Waals surface area contributed by atoms with E-state index in [0.29, 0.717) is 11.4 Å². The molecule has 0 radical (unpaired) electrons. The number of aliphatic imine (C=N–C) groups is 1. The summed E-state index contributed by atoms with van der Waals surface area (Å²) >= 11 is 3.37. The van der Waals surface area contributed by atoms with Crippen LogP contribution in [0.5, 0.6) is 0 Å². The summed E-state index contributed by atoms with van der Waals surface area (Å²) in [5, 5.41) is 2.86. The Kier molecular flexibility index (Phi) is 4.59. The molecule has 0 aromatic heterocycles. The van der Waals surface area contributed by atoms with Crippen LogP contribution < -0.4 is 10.2 Å². The fourth-order valence-corrected chi connectivity index (χ4v) is 3.78. The summed E-state index contributed by atoms with van der Waals surface area (Å²) in [5.74, 6) is -0.461. The third-order valence-corrected chi connectivity index (χ3v) is 5.29. The van der Waals surface area contributed by atoms with E-state index in [0.717, 1.165) is 35.1 Å². The fourth-order valence-electron chi connectivity index (χ4n) is 3.52. The first-order valence-corrected chi connectivity index (χ1v) is 9.44. The lowest BCUT2D eigenvalue weighted by Gasteiger charge is -2.24. The van der Waals surface area contributed by atoms with Crippen LogP contribution in [0.25, 0.3) is 0 Å². The minimum atomic E-state index is -0.225. The van der Waals surface area contributed by atoms with Crippen LogP contribution >= 0.6 is 15.9 Å². The standard InChI is InChI=1S/C20H18BrN3O2/c21-13-8-10-14(11-9-13)22-19(25)12-24-18-7-2-1-5-17(18)23-16-6-3-4-15(16)20(24)26/h1-2,5,7-11,15H,3-4,6,12H2,(H,22,25)/t15-/m0/s1. The van der Waals surface area contributed by atoms with Gasteiger partial charge in [-0.25, -0.2) is 0 Å². The van der Waals surface area contributed by atoms with Gasteiger partial charge in [0.2, 0.25) is 11.8 Å². The second-order valence-corrected chi connectivity index (χ2v) is 7.43. The molecule has 1 fully saturated rings. The van der Waals surface area contributed by atoms with Crippen molar-refractivity contribution < 1.29 is 9.59 Å². The molecule has 0 unspecified atom stereocenters. The van der Waals surface area contributed by atoms with Crippen LogP contribution in [0.4, 0.5) is 17.1 Å². The van der Waals surface area contributed by atoms with Crippen LogP contribution in [0.1, 0.15) is 19.3 Å². The Hall–Kier alpha value is -2.47. The summed E-state index contributed by atoms with van der Waals surface area (Å²) < 4.78 is 0.943. The zero-order valence-electron chi connectivity index (χ0n) is 14.1. The van der Waals surface area contributed by atoms with Gasteiger partial charge in [-0.15, -0.1) is 0 Å². The number of halogens is 1. The lowest BCUT2D eigenvalue weighted by atomic mass is 10.1. The Labute approximate surface area is 160 Å². The van der Waals surface area contributed by atoms with Gasteiger partial charge in [0.1, 0.15) is 6.54 Å². The first-order valence-electron chi connectivity index (χ1n) is 8.65. The van der Waals surface area contributed by atoms with Crippen molar-refractivity contribution >= 4 is 50.5 Å². The lowest BCUT2D eigenvalue weighted by Crippen LogP contribution is -2.41. The third kappa shape index (κ3) is 3.29. The van der Waals surface area contributed by atoms with Crippen molar-refractivity contribution in [1.82, 2.24) is 0 Å². The largest absolute Gasteiger partial charge is 0.325 e. The molecule has 26 heavy (non-hydrogen) atoms. The number of amides is 2. The summed E-state index contributed by atoms with van der Waals surface area (Å²) in [6.07, 6.45) is 2.62. The molecule has 132 valence electrons. The molecule has 2 aromatic carbocycles. The molecule has 1 N–H and O–H groups in total. The summed E-state index contributed by atoms with van der Waals surface area (Å²) in [6.45, 7) is -0.0226. The summed E-state index contributed by atoms with van der Waals surface area (Å²) in [6, 6.07) is 14.9. The maximum atomic E-state index is 13.1. The number of rotatable bonds is 3. The molecule has 2 aromatic rings. The number of nitrogens with one attached hydrogen (secondary N) is 1. The molecule has 1 saturated carbocycles. The van der Waals surface area contributed by atoms with Gasteiger partial charge < -0.3 is 10.2 Å². The highest BCUT2D eigenvalue weighted by atomic mass is 79.9. The van der Waals surface area contributed by atoms with E-state index >= 15 is 0 Å². The fraction of sp³-hybridized carbons (Fsp3) is 0.250. The van der Waals surface area contributed by atoms with Crippen molar-refractivity contribution in [3.05, 3.63) is 53.0 Å². The first kappa shape index (κ1) is 17.0. The molecule has 2 amide bonds. The quantitative estimate of drug-likeness (QED) is 0.817. The zero-order valence-corrected chi connectivity index (χ0v) is 15.7. The number of hydrogen-bond acceptors (Lipinski definition) is 3. The molecule has 0 spiro atoms. The minimum Gasteiger partial charge on any atom is -0.325 e. The molecule has 1 heterocycles. The van der Waals surface area contributed by atoms with E-state index in [1.165, 1.54) is 0 Å². The average Bonchev–Trinajstić information content (AvgIpc) is 3.06. The average molecular weight is 412 g/mol. The third-order valence-electron chi connectivity index (χ3n) is 4.76. The van der Waals surface area contributed by atoms with E-state index in [1.54, 1.807) is 4.90 Å². The number of fused-ring (bicyclic) bond motifs is 2. The second-order valence-electron chi connectivity index (χ2n) is 6.52. The van der Waals surface area contributed by atoms with Gasteiger partial charge >= 0.3 is 0 Å². The number of benzene rings is 2. The van der Waals surface area contributed by atoms with Crippen LogP contribution in [0, 0.1) is 5.92 Å². The van der Waals surface area contributed by atoms with Crippen LogP contribution in [-0.4, -0.2) is 24.1 Å². The topological polar surface area (TPSA) is 61.8 Å². The molecule has 6 heteroatoms. The van der Waals surface area contributed by atoms with E-state index < -0.39 is 0 Å². The van der Waals surface area contributed by atoms with Gasteiger partial charge in [-0.05, 0) is 55.7 Å². The first-order chi connectivity index (χ1) is 12.6. The monoisotopic (exact) mass is 411 g/mol. The molecule has 0 saturated heterocycles. The zero-order chi connectivity index (χ0) is 18.1. The van der Waals surface area contributed by atoms with E-state index in [-0.39, 0.29) is 24.3 Å². The van der Waals surface area contributed by atoms with Crippen molar-refractivity contribution in [3.63, 3.8) is 0 Å².